The Morgan fingerprint density at radius 1 is 0.420 bits per heavy atom. The summed E-state index contributed by atoms with van der Waals surface area (Å²) in [5, 5.41) is 1.21. The fraction of sp³-hybridized carbons (Fsp3) is 0.421. The van der Waals surface area contributed by atoms with Gasteiger partial charge in [0, 0.05) is 56.1 Å². The first-order valence-electron chi connectivity index (χ1n) is 30.9. The normalized spacial score (nSPS) is 22.6. The lowest BCUT2D eigenvalue weighted by molar-refractivity contribution is 0.195. The van der Waals surface area contributed by atoms with Crippen molar-refractivity contribution < 1.29 is 4.42 Å². The Kier molecular flexibility index (Phi) is 11.1. The van der Waals surface area contributed by atoms with Crippen LogP contribution in [0.2, 0.25) is 0 Å². The minimum absolute atomic E-state index is 0.000910. The summed E-state index contributed by atoms with van der Waals surface area (Å²) in [4.78, 5) is 8.14. The van der Waals surface area contributed by atoms with Gasteiger partial charge < -0.3 is 14.2 Å². The predicted octanol–water partition coefficient (Wildman–Crippen LogP) is 19.2. The van der Waals surface area contributed by atoms with Gasteiger partial charge in [-0.2, -0.15) is 0 Å². The highest BCUT2D eigenvalue weighted by atomic mass is 16.4. The number of rotatable bonds is 4. The molecule has 0 bridgehead atoms. The maximum atomic E-state index is 7.59. The van der Waals surface area contributed by atoms with Gasteiger partial charge in [0.2, 0.25) is 5.88 Å². The summed E-state index contributed by atoms with van der Waals surface area (Å²) in [5.41, 5.74) is 26.0. The molecule has 0 saturated heterocycles. The molecule has 0 radical (unpaired) electrons. The summed E-state index contributed by atoms with van der Waals surface area (Å²) in [6, 6.07) is 53.3. The van der Waals surface area contributed by atoms with Crippen LogP contribution in [0.1, 0.15) is 201 Å². The Bertz CT molecular complexity index is 3910. The summed E-state index contributed by atoms with van der Waals surface area (Å²) in [6.45, 7) is 39.0. The van der Waals surface area contributed by atoms with Gasteiger partial charge in [0.1, 0.15) is 5.58 Å². The molecule has 4 heterocycles. The average Bonchev–Trinajstić information content (AvgIpc) is 3.06. The van der Waals surface area contributed by atoms with Gasteiger partial charge in [0.05, 0.1) is 5.54 Å². The van der Waals surface area contributed by atoms with Crippen molar-refractivity contribution in [3.8, 4) is 11.1 Å². The first-order valence-corrected chi connectivity index (χ1v) is 30.9. The quantitative estimate of drug-likeness (QED) is 0.164. The average molecular weight is 1070 g/mol. The van der Waals surface area contributed by atoms with Crippen LogP contribution in [0.25, 0.3) is 22.1 Å². The van der Waals surface area contributed by atoms with Crippen molar-refractivity contribution in [2.45, 2.75) is 206 Å². The molecule has 1 fully saturated rings. The summed E-state index contributed by atoms with van der Waals surface area (Å²) in [6.07, 6.45) is 9.31. The second kappa shape index (κ2) is 17.1. The summed E-state index contributed by atoms with van der Waals surface area (Å²) < 4.78 is 7.59. The van der Waals surface area contributed by atoms with Gasteiger partial charge in [-0.05, 0) is 206 Å². The van der Waals surface area contributed by atoms with Gasteiger partial charge in [-0.15, -0.1) is 0 Å². The maximum absolute atomic E-state index is 7.59. The Hall–Kier alpha value is -6.46. The standard InChI is InChI=1S/C76H86BN3O/c1-69(2,3)49-25-28-51(29-26-49)79-64-44-53(80-61-32-24-48(47-22-18-17-19-23-47)40-59(61)75(15)34-20-21-35-76(75,80)16)43-63-67(64)77(66-54-41-50(70(4,5)6)27-33-65(54)81-68(66)79)60-45-57-58(74(13,14)39-38-73(57,11)12)46-62(60)78(63)52-30-31-55-56(42-52)72(9,10)37-36-71(55,7)8/h17-19,22-33,40-46H,20-21,34-39H2,1-16H3. The van der Waals surface area contributed by atoms with Crippen LogP contribution in [0, 0.1) is 0 Å². The predicted molar refractivity (Wildman–Crippen MR) is 346 cm³/mol. The van der Waals surface area contributed by atoms with Crippen LogP contribution in [-0.4, -0.2) is 12.3 Å². The number of anilines is 8. The lowest BCUT2D eigenvalue weighted by Crippen LogP contribution is -2.61. The smallest absolute Gasteiger partial charge is 0.257 e. The molecule has 6 aliphatic rings. The van der Waals surface area contributed by atoms with Crippen LogP contribution in [0.4, 0.5) is 45.7 Å². The molecule has 4 nitrogen and oxygen atoms in total. The highest BCUT2D eigenvalue weighted by Crippen LogP contribution is 2.63. The van der Waals surface area contributed by atoms with Crippen molar-refractivity contribution >= 4 is 79.8 Å². The lowest BCUT2D eigenvalue weighted by atomic mass is 9.33. The largest absolute Gasteiger partial charge is 0.440 e. The molecule has 0 spiro atoms. The van der Waals surface area contributed by atoms with E-state index in [1.807, 2.05) is 0 Å². The molecule has 0 amide bonds. The van der Waals surface area contributed by atoms with E-state index in [1.165, 1.54) is 125 Å². The summed E-state index contributed by atoms with van der Waals surface area (Å²) in [7, 11) is 0. The van der Waals surface area contributed by atoms with Gasteiger partial charge in [-0.3, -0.25) is 4.90 Å². The fourth-order valence-corrected chi connectivity index (χ4v) is 16.5. The zero-order valence-electron chi connectivity index (χ0n) is 51.7. The highest BCUT2D eigenvalue weighted by Gasteiger charge is 2.59. The third kappa shape index (κ3) is 7.60. The van der Waals surface area contributed by atoms with E-state index < -0.39 is 0 Å². The SMILES string of the molecule is CC(C)(C)c1ccc(N2c3cc(N4c5ccc(-c6ccccc6)cc5C5(C)CCCCC45C)cc4c3B(c3cc5c(cc3N4c3ccc4c(c3)C(C)(C)CCC4(C)C)C(C)(C)CCC5(C)C)c3c2oc2ccc(C(C)(C)C)cc32)cc1. The molecule has 14 rings (SSSR count). The van der Waals surface area contributed by atoms with Gasteiger partial charge >= 0.3 is 0 Å². The Morgan fingerprint density at radius 2 is 1.00 bits per heavy atom. The molecular weight excluding hydrogens is 982 g/mol. The molecule has 1 saturated carbocycles. The van der Waals surface area contributed by atoms with Crippen molar-refractivity contribution in [2.24, 2.45) is 0 Å². The van der Waals surface area contributed by atoms with Crippen LogP contribution in [0.3, 0.4) is 0 Å². The number of hydrogen-bond donors (Lipinski definition) is 0. The number of hydrogen-bond acceptors (Lipinski definition) is 4. The minimum atomic E-state index is -0.196. The number of benzene rings is 7. The number of nitrogens with zero attached hydrogens (tertiary/aromatic N) is 3. The number of furan rings is 1. The Labute approximate surface area is 485 Å². The molecule has 2 unspecified atom stereocenters. The number of fused-ring (bicyclic) bond motifs is 11. The molecule has 2 atom stereocenters. The van der Waals surface area contributed by atoms with Crippen LogP contribution in [0.5, 0.6) is 0 Å². The topological polar surface area (TPSA) is 22.9 Å². The van der Waals surface area contributed by atoms with Crippen molar-refractivity contribution in [3.63, 3.8) is 0 Å². The first-order chi connectivity index (χ1) is 38.1. The Morgan fingerprint density at radius 3 is 1.65 bits per heavy atom. The molecule has 8 aromatic rings. The summed E-state index contributed by atoms with van der Waals surface area (Å²) >= 11 is 0. The summed E-state index contributed by atoms with van der Waals surface area (Å²) in [5.74, 6) is 0.928. The fourth-order valence-electron chi connectivity index (χ4n) is 16.5. The van der Waals surface area contributed by atoms with Crippen molar-refractivity contribution in [1.29, 1.82) is 0 Å². The van der Waals surface area contributed by atoms with Crippen LogP contribution in [0.15, 0.2) is 138 Å². The van der Waals surface area contributed by atoms with E-state index in [2.05, 4.69) is 259 Å². The van der Waals surface area contributed by atoms with E-state index in [4.69, 9.17) is 4.42 Å². The second-order valence-electron chi connectivity index (χ2n) is 31.0. The van der Waals surface area contributed by atoms with E-state index in [1.54, 1.807) is 0 Å². The van der Waals surface area contributed by atoms with Gasteiger partial charge in [-0.25, -0.2) is 0 Å². The van der Waals surface area contributed by atoms with Crippen LogP contribution in [-0.2, 0) is 37.9 Å². The van der Waals surface area contributed by atoms with E-state index >= 15 is 0 Å². The van der Waals surface area contributed by atoms with E-state index in [0.29, 0.717) is 0 Å². The lowest BCUT2D eigenvalue weighted by Gasteiger charge is -2.51. The molecule has 3 aliphatic heterocycles. The van der Waals surface area contributed by atoms with Crippen molar-refractivity contribution in [1.82, 2.24) is 0 Å². The third-order valence-electron chi connectivity index (χ3n) is 22.1. The van der Waals surface area contributed by atoms with E-state index in [9.17, 15) is 0 Å². The molecule has 5 heteroatoms. The zero-order valence-corrected chi connectivity index (χ0v) is 51.7. The van der Waals surface area contributed by atoms with Gasteiger partial charge in [-0.1, -0.05) is 183 Å². The molecule has 1 aromatic heterocycles. The molecule has 414 valence electrons. The molecular formula is C76H86BN3O. The monoisotopic (exact) mass is 1070 g/mol. The van der Waals surface area contributed by atoms with E-state index in [-0.39, 0.29) is 50.2 Å². The minimum Gasteiger partial charge on any atom is -0.440 e. The highest BCUT2D eigenvalue weighted by molar-refractivity contribution is 7.01. The molecule has 81 heavy (non-hydrogen) atoms. The van der Waals surface area contributed by atoms with Crippen molar-refractivity contribution in [2.75, 3.05) is 14.7 Å². The third-order valence-corrected chi connectivity index (χ3v) is 22.1. The Balaban J connectivity index is 1.14. The maximum Gasteiger partial charge on any atom is 0.257 e. The molecule has 3 aliphatic carbocycles. The first kappa shape index (κ1) is 52.6. The molecule has 7 aromatic carbocycles. The van der Waals surface area contributed by atoms with Crippen LogP contribution < -0.4 is 31.1 Å². The second-order valence-corrected chi connectivity index (χ2v) is 31.0. The zero-order chi connectivity index (χ0) is 56.9. The van der Waals surface area contributed by atoms with Gasteiger partial charge in [0.15, 0.2) is 0 Å². The van der Waals surface area contributed by atoms with Gasteiger partial charge in [0.25, 0.3) is 6.71 Å². The van der Waals surface area contributed by atoms with Crippen LogP contribution >= 0.6 is 0 Å². The van der Waals surface area contributed by atoms with E-state index in [0.717, 1.165) is 49.3 Å². The molecule has 0 N–H and O–H groups in total. The van der Waals surface area contributed by atoms with Crippen molar-refractivity contribution in [3.05, 3.63) is 172 Å².